The average molecular weight is 401 g/mol. The van der Waals surface area contributed by atoms with Crippen molar-refractivity contribution in [1.82, 2.24) is 10.3 Å². The summed E-state index contributed by atoms with van der Waals surface area (Å²) in [5, 5.41) is 7.67. The van der Waals surface area contributed by atoms with Crippen molar-refractivity contribution in [3.8, 4) is 11.5 Å². The molecule has 1 heterocycles. The van der Waals surface area contributed by atoms with Gasteiger partial charge in [-0.3, -0.25) is 9.59 Å². The van der Waals surface area contributed by atoms with Crippen LogP contribution in [0.25, 0.3) is 0 Å². The quantitative estimate of drug-likeness (QED) is 0.742. The van der Waals surface area contributed by atoms with Crippen molar-refractivity contribution in [1.29, 1.82) is 0 Å². The zero-order chi connectivity index (χ0) is 19.5. The van der Waals surface area contributed by atoms with Crippen LogP contribution in [0.1, 0.15) is 31.7 Å². The predicted octanol–water partition coefficient (Wildman–Crippen LogP) is 1.42. The van der Waals surface area contributed by atoms with Gasteiger partial charge >= 0.3 is 10.1 Å². The molecule has 1 aromatic carbocycles. The summed E-state index contributed by atoms with van der Waals surface area (Å²) in [4.78, 5) is 23.1. The van der Waals surface area contributed by atoms with Crippen molar-refractivity contribution >= 4 is 38.9 Å². The van der Waals surface area contributed by atoms with E-state index in [9.17, 15) is 18.0 Å². The Morgan fingerprint density at radius 3 is 2.54 bits per heavy atom. The predicted molar refractivity (Wildman–Crippen MR) is 97.2 cm³/mol. The molecule has 1 aliphatic rings. The summed E-state index contributed by atoms with van der Waals surface area (Å²) in [5.74, 6) is -0.324. The van der Waals surface area contributed by atoms with Gasteiger partial charge in [-0.1, -0.05) is 17.8 Å². The number of benzene rings is 1. The summed E-state index contributed by atoms with van der Waals surface area (Å²) in [6.45, 7) is 4.75. The number of thioether (sulfide) groups is 1. The Hall–Kier alpha value is -2.27. The highest BCUT2D eigenvalue weighted by atomic mass is 32.2. The van der Waals surface area contributed by atoms with Gasteiger partial charge in [0.1, 0.15) is 5.37 Å². The first-order valence-corrected chi connectivity index (χ1v) is 10.3. The smallest absolute Gasteiger partial charge is 0.306 e. The number of amides is 2. The van der Waals surface area contributed by atoms with Gasteiger partial charge in [-0.2, -0.15) is 8.42 Å². The van der Waals surface area contributed by atoms with E-state index >= 15 is 0 Å². The van der Waals surface area contributed by atoms with Gasteiger partial charge < -0.3 is 14.2 Å². The van der Waals surface area contributed by atoms with E-state index in [4.69, 9.17) is 8.92 Å². The molecule has 0 aromatic heterocycles. The Balaban J connectivity index is 2.36. The lowest BCUT2D eigenvalue weighted by Gasteiger charge is -2.20. The van der Waals surface area contributed by atoms with Gasteiger partial charge in [0.05, 0.1) is 12.9 Å². The van der Waals surface area contributed by atoms with Gasteiger partial charge in [-0.15, -0.1) is 5.10 Å². The van der Waals surface area contributed by atoms with E-state index in [1.54, 1.807) is 19.1 Å². The lowest BCUT2D eigenvalue weighted by atomic mass is 10.2. The summed E-state index contributed by atoms with van der Waals surface area (Å²) in [7, 11) is -3.72. The van der Waals surface area contributed by atoms with Crippen LogP contribution in [0.2, 0.25) is 0 Å². The molecule has 0 fully saturated rings. The molecule has 0 saturated carbocycles. The van der Waals surface area contributed by atoms with Crippen LogP contribution >= 0.6 is 11.8 Å². The minimum absolute atomic E-state index is 0.0541. The molecule has 1 unspecified atom stereocenters. The second-order valence-electron chi connectivity index (χ2n) is 5.35. The van der Waals surface area contributed by atoms with Crippen LogP contribution in [-0.2, 0) is 19.7 Å². The molecule has 0 aliphatic carbocycles. The monoisotopic (exact) mass is 401 g/mol. The molecule has 2 rings (SSSR count). The van der Waals surface area contributed by atoms with E-state index in [2.05, 4.69) is 10.4 Å². The second kappa shape index (κ2) is 7.96. The number of nitrogens with one attached hydrogen (secondary N) is 1. The van der Waals surface area contributed by atoms with Crippen LogP contribution in [0, 0.1) is 0 Å². The van der Waals surface area contributed by atoms with E-state index in [1.165, 1.54) is 36.7 Å². The standard InChI is InChI=1S/C15H19N3O6S2/c1-5-23-13-8-11(6-7-12(13)24-26(4,21)22)14-18(10(3)20)17-15(25-14)16-9(2)19/h6-8,14H,5H2,1-4H3,(H,16,17,19). The highest BCUT2D eigenvalue weighted by Crippen LogP contribution is 2.41. The molecule has 1 atom stereocenters. The molecule has 9 nitrogen and oxygen atoms in total. The summed E-state index contributed by atoms with van der Waals surface area (Å²) < 4.78 is 33.2. The van der Waals surface area contributed by atoms with Crippen LogP contribution < -0.4 is 14.2 Å². The molecular weight excluding hydrogens is 382 g/mol. The van der Waals surface area contributed by atoms with Gasteiger partial charge in [-0.25, -0.2) is 5.01 Å². The first-order valence-electron chi connectivity index (χ1n) is 7.59. The fourth-order valence-electron chi connectivity index (χ4n) is 2.16. The molecule has 0 bridgehead atoms. The third-order valence-corrected chi connectivity index (χ3v) is 4.63. The first kappa shape index (κ1) is 20.0. The molecule has 11 heteroatoms. The highest BCUT2D eigenvalue weighted by Gasteiger charge is 2.33. The molecule has 1 aromatic rings. The van der Waals surface area contributed by atoms with Crippen molar-refractivity contribution in [3.63, 3.8) is 0 Å². The largest absolute Gasteiger partial charge is 0.490 e. The first-order chi connectivity index (χ1) is 12.1. The molecule has 1 aliphatic heterocycles. The van der Waals surface area contributed by atoms with Crippen LogP contribution in [0.3, 0.4) is 0 Å². The maximum atomic E-state index is 11.9. The lowest BCUT2D eigenvalue weighted by molar-refractivity contribution is -0.129. The molecule has 1 N–H and O–H groups in total. The molecule has 0 spiro atoms. The van der Waals surface area contributed by atoms with Gasteiger partial charge in [0.2, 0.25) is 11.8 Å². The normalized spacial score (nSPS) is 16.8. The van der Waals surface area contributed by atoms with Gasteiger partial charge in [0.25, 0.3) is 0 Å². The zero-order valence-corrected chi connectivity index (χ0v) is 16.3. The van der Waals surface area contributed by atoms with Crippen molar-refractivity contribution < 1.29 is 26.9 Å². The Kier molecular flexibility index (Phi) is 6.13. The Morgan fingerprint density at radius 2 is 2.00 bits per heavy atom. The number of carbonyl (C=O) groups excluding carboxylic acids is 2. The summed E-state index contributed by atoms with van der Waals surface area (Å²) in [6.07, 6.45) is 0.939. The summed E-state index contributed by atoms with van der Waals surface area (Å²) in [5.41, 5.74) is 0.638. The van der Waals surface area contributed by atoms with E-state index < -0.39 is 15.5 Å². The molecule has 2 amide bonds. The number of nitrogens with zero attached hydrogens (tertiary/aromatic N) is 2. The lowest BCUT2D eigenvalue weighted by Crippen LogP contribution is -2.25. The number of hydrogen-bond donors (Lipinski definition) is 1. The maximum absolute atomic E-state index is 11.9. The third kappa shape index (κ3) is 5.11. The third-order valence-electron chi connectivity index (χ3n) is 3.04. The van der Waals surface area contributed by atoms with Crippen LogP contribution in [0.4, 0.5) is 0 Å². The van der Waals surface area contributed by atoms with E-state index in [-0.39, 0.29) is 23.3 Å². The van der Waals surface area contributed by atoms with E-state index in [0.717, 1.165) is 6.26 Å². The van der Waals surface area contributed by atoms with Gasteiger partial charge in [-0.05, 0) is 24.6 Å². The Morgan fingerprint density at radius 1 is 1.31 bits per heavy atom. The average Bonchev–Trinajstić information content (AvgIpc) is 2.91. The topological polar surface area (TPSA) is 114 Å². The van der Waals surface area contributed by atoms with Gasteiger partial charge in [0, 0.05) is 13.8 Å². The number of rotatable bonds is 5. The fourth-order valence-corrected chi connectivity index (χ4v) is 3.75. The van der Waals surface area contributed by atoms with Crippen molar-refractivity contribution in [2.45, 2.75) is 26.1 Å². The van der Waals surface area contributed by atoms with E-state index in [0.29, 0.717) is 17.3 Å². The SMILES string of the molecule is CCOc1cc(C2SC(NC(C)=O)=NN2C(C)=O)ccc1OS(C)(=O)=O. The fraction of sp³-hybridized carbons (Fsp3) is 0.400. The molecule has 0 radical (unpaired) electrons. The molecular formula is C15H19N3O6S2. The Labute approximate surface area is 155 Å². The van der Waals surface area contributed by atoms with Crippen molar-refractivity contribution in [2.75, 3.05) is 12.9 Å². The summed E-state index contributed by atoms with van der Waals surface area (Å²) >= 11 is 1.18. The molecule has 26 heavy (non-hydrogen) atoms. The number of carbonyl (C=O) groups is 2. The summed E-state index contributed by atoms with van der Waals surface area (Å²) in [6, 6.07) is 4.66. The maximum Gasteiger partial charge on any atom is 0.306 e. The van der Waals surface area contributed by atoms with Crippen LogP contribution in [-0.4, -0.2) is 43.3 Å². The van der Waals surface area contributed by atoms with Crippen molar-refractivity contribution in [3.05, 3.63) is 23.8 Å². The van der Waals surface area contributed by atoms with E-state index in [1.807, 2.05) is 0 Å². The highest BCUT2D eigenvalue weighted by molar-refractivity contribution is 8.14. The molecule has 142 valence electrons. The molecule has 0 saturated heterocycles. The number of ether oxygens (including phenoxy) is 1. The number of amidine groups is 1. The minimum Gasteiger partial charge on any atom is -0.490 e. The second-order valence-corrected chi connectivity index (χ2v) is 7.99. The number of hydrazone groups is 1. The van der Waals surface area contributed by atoms with Gasteiger partial charge in [0.15, 0.2) is 16.7 Å². The zero-order valence-electron chi connectivity index (χ0n) is 14.7. The van der Waals surface area contributed by atoms with Crippen molar-refractivity contribution in [2.24, 2.45) is 5.10 Å². The number of hydrogen-bond acceptors (Lipinski definition) is 8. The minimum atomic E-state index is -3.72. The van der Waals surface area contributed by atoms with Crippen LogP contribution in [0.15, 0.2) is 23.3 Å². The van der Waals surface area contributed by atoms with Crippen LogP contribution in [0.5, 0.6) is 11.5 Å². The Bertz CT molecular complexity index is 853.